The van der Waals surface area contributed by atoms with Crippen molar-refractivity contribution in [2.24, 2.45) is 5.92 Å². The van der Waals surface area contributed by atoms with Crippen molar-refractivity contribution >= 4 is 22.2 Å². The lowest BCUT2D eigenvalue weighted by Crippen LogP contribution is -2.44. The summed E-state index contributed by atoms with van der Waals surface area (Å²) in [4.78, 5) is 25.2. The lowest BCUT2D eigenvalue weighted by atomic mass is 9.96. The molecule has 0 bridgehead atoms. The predicted molar refractivity (Wildman–Crippen MR) is 127 cm³/mol. The average molecular weight is 443 g/mol. The van der Waals surface area contributed by atoms with E-state index in [1.54, 1.807) is 11.3 Å². The van der Waals surface area contributed by atoms with Gasteiger partial charge in [0.1, 0.15) is 0 Å². The zero-order valence-corrected chi connectivity index (χ0v) is 19.7. The summed E-state index contributed by atoms with van der Waals surface area (Å²) >= 11 is 1.61. The number of likely N-dealkylation sites (tertiary alicyclic amines) is 1. The van der Waals surface area contributed by atoms with E-state index in [9.17, 15) is 4.79 Å². The number of piperidine rings is 1. The van der Waals surface area contributed by atoms with Crippen LogP contribution in [0.15, 0.2) is 30.6 Å². The first-order chi connectivity index (χ1) is 15.0. The fourth-order valence-corrected chi connectivity index (χ4v) is 5.83. The number of aromatic nitrogens is 1. The van der Waals surface area contributed by atoms with Crippen LogP contribution in [0.3, 0.4) is 0 Å². The summed E-state index contributed by atoms with van der Waals surface area (Å²) in [5.74, 6) is 0.671. The molecular formula is C24H34N4O2S. The van der Waals surface area contributed by atoms with Crippen LogP contribution in [-0.2, 0) is 4.74 Å². The molecule has 4 heterocycles. The van der Waals surface area contributed by atoms with E-state index in [-0.39, 0.29) is 5.91 Å². The second-order valence-electron chi connectivity index (χ2n) is 8.95. The van der Waals surface area contributed by atoms with Gasteiger partial charge in [-0.05, 0) is 62.9 Å². The van der Waals surface area contributed by atoms with Crippen molar-refractivity contribution in [3.8, 4) is 11.1 Å². The number of amides is 1. The second-order valence-corrected chi connectivity index (χ2v) is 9.98. The molecular weight excluding hydrogens is 408 g/mol. The highest BCUT2D eigenvalue weighted by Crippen LogP contribution is 2.39. The first-order valence-corrected chi connectivity index (χ1v) is 12.2. The number of nitrogens with zero attached hydrogens (tertiary/aromatic N) is 4. The van der Waals surface area contributed by atoms with Crippen LogP contribution in [-0.4, -0.2) is 79.7 Å². The molecule has 2 fully saturated rings. The Bertz CT molecular complexity index is 864. The zero-order valence-electron chi connectivity index (χ0n) is 18.9. The van der Waals surface area contributed by atoms with E-state index in [4.69, 9.17) is 4.74 Å². The maximum absolute atomic E-state index is 13.4. The van der Waals surface area contributed by atoms with Crippen LogP contribution in [0.4, 0.5) is 5.00 Å². The number of hydrogen-bond acceptors (Lipinski definition) is 6. The van der Waals surface area contributed by atoms with Gasteiger partial charge in [-0.15, -0.1) is 11.3 Å². The molecule has 6 nitrogen and oxygen atoms in total. The van der Waals surface area contributed by atoms with Gasteiger partial charge in [-0.2, -0.15) is 0 Å². The fourth-order valence-electron chi connectivity index (χ4n) is 4.60. The summed E-state index contributed by atoms with van der Waals surface area (Å²) in [6, 6.07) is 6.68. The SMILES string of the molecule is CC(C)N1CCC[C@@H](CN(C)C(=O)c2cc(-c3ccncc3)c(N3CCOCC3)s2)C1. The van der Waals surface area contributed by atoms with E-state index >= 15 is 0 Å². The fraction of sp³-hybridized carbons (Fsp3) is 0.583. The minimum atomic E-state index is 0.126. The van der Waals surface area contributed by atoms with Gasteiger partial charge in [0.25, 0.3) is 5.91 Å². The van der Waals surface area contributed by atoms with Crippen molar-refractivity contribution < 1.29 is 9.53 Å². The van der Waals surface area contributed by atoms with Crippen molar-refractivity contribution in [2.45, 2.75) is 32.7 Å². The molecule has 0 unspecified atom stereocenters. The van der Waals surface area contributed by atoms with Crippen molar-refractivity contribution in [1.82, 2.24) is 14.8 Å². The van der Waals surface area contributed by atoms with E-state index in [0.717, 1.165) is 60.4 Å². The average Bonchev–Trinajstić information content (AvgIpc) is 3.25. The van der Waals surface area contributed by atoms with Gasteiger partial charge in [0, 0.05) is 57.2 Å². The monoisotopic (exact) mass is 442 g/mol. The van der Waals surface area contributed by atoms with Crippen LogP contribution in [0, 0.1) is 5.92 Å². The van der Waals surface area contributed by atoms with E-state index < -0.39 is 0 Å². The van der Waals surface area contributed by atoms with Gasteiger partial charge >= 0.3 is 0 Å². The Morgan fingerprint density at radius 3 is 2.71 bits per heavy atom. The van der Waals surface area contributed by atoms with Gasteiger partial charge in [0.15, 0.2) is 0 Å². The minimum absolute atomic E-state index is 0.126. The number of morpholine rings is 1. The van der Waals surface area contributed by atoms with Crippen LogP contribution in [0.2, 0.25) is 0 Å². The topological polar surface area (TPSA) is 48.9 Å². The van der Waals surface area contributed by atoms with E-state index in [0.29, 0.717) is 12.0 Å². The molecule has 168 valence electrons. The van der Waals surface area contributed by atoms with Gasteiger partial charge in [0.2, 0.25) is 0 Å². The van der Waals surface area contributed by atoms with Crippen LogP contribution in [0.5, 0.6) is 0 Å². The van der Waals surface area contributed by atoms with Gasteiger partial charge in [0.05, 0.1) is 23.1 Å². The molecule has 2 saturated heterocycles. The molecule has 2 aliphatic rings. The highest BCUT2D eigenvalue weighted by molar-refractivity contribution is 7.18. The molecule has 2 aromatic heterocycles. The largest absolute Gasteiger partial charge is 0.378 e. The molecule has 0 radical (unpaired) electrons. The first kappa shape index (κ1) is 22.2. The van der Waals surface area contributed by atoms with Crippen LogP contribution in [0.25, 0.3) is 11.1 Å². The van der Waals surface area contributed by atoms with Crippen LogP contribution < -0.4 is 4.90 Å². The number of ether oxygens (including phenoxy) is 1. The summed E-state index contributed by atoms with van der Waals surface area (Å²) in [5.41, 5.74) is 2.23. The Labute approximate surface area is 189 Å². The van der Waals surface area contributed by atoms with Crippen LogP contribution >= 0.6 is 11.3 Å². The molecule has 31 heavy (non-hydrogen) atoms. The first-order valence-electron chi connectivity index (χ1n) is 11.4. The Morgan fingerprint density at radius 1 is 1.26 bits per heavy atom. The Kier molecular flexibility index (Phi) is 7.25. The molecule has 0 aliphatic carbocycles. The lowest BCUT2D eigenvalue weighted by Gasteiger charge is -2.36. The van der Waals surface area contributed by atoms with Gasteiger partial charge in [-0.3, -0.25) is 9.78 Å². The smallest absolute Gasteiger partial charge is 0.263 e. The molecule has 1 amide bonds. The van der Waals surface area contributed by atoms with E-state index in [2.05, 4.69) is 34.7 Å². The van der Waals surface area contributed by atoms with E-state index in [1.807, 2.05) is 36.5 Å². The number of rotatable bonds is 6. The molecule has 0 spiro atoms. The maximum atomic E-state index is 13.4. The molecule has 1 atom stereocenters. The highest BCUT2D eigenvalue weighted by Gasteiger charge is 2.27. The summed E-state index contributed by atoms with van der Waals surface area (Å²) in [6.45, 7) is 10.8. The van der Waals surface area contributed by atoms with E-state index in [1.165, 1.54) is 19.4 Å². The summed E-state index contributed by atoms with van der Waals surface area (Å²) < 4.78 is 5.54. The quantitative estimate of drug-likeness (QED) is 0.680. The predicted octanol–water partition coefficient (Wildman–Crippen LogP) is 3.84. The normalized spacial score (nSPS) is 20.3. The Morgan fingerprint density at radius 2 is 2.00 bits per heavy atom. The second kappa shape index (κ2) is 10.1. The lowest BCUT2D eigenvalue weighted by molar-refractivity contribution is 0.0713. The van der Waals surface area contributed by atoms with Crippen LogP contribution in [0.1, 0.15) is 36.4 Å². The minimum Gasteiger partial charge on any atom is -0.378 e. The van der Waals surface area contributed by atoms with Crippen molar-refractivity contribution in [3.05, 3.63) is 35.5 Å². The molecule has 7 heteroatoms. The number of thiophene rings is 1. The van der Waals surface area contributed by atoms with Crippen molar-refractivity contribution in [2.75, 3.05) is 57.9 Å². The van der Waals surface area contributed by atoms with Gasteiger partial charge in [-0.1, -0.05) is 0 Å². The third kappa shape index (κ3) is 5.27. The third-order valence-electron chi connectivity index (χ3n) is 6.37. The molecule has 2 aliphatic heterocycles. The molecule has 0 saturated carbocycles. The molecule has 0 N–H and O–H groups in total. The standard InChI is InChI=1S/C24H34N4O2S/c1-18(2)28-10-4-5-19(17-28)16-26(3)23(29)22-15-21(20-6-8-25-9-7-20)24(31-22)27-11-13-30-14-12-27/h6-9,15,18-19H,4-5,10-14,16-17H2,1-3H3/t19-/m0/s1. The Balaban J connectivity index is 1.52. The zero-order chi connectivity index (χ0) is 21.8. The molecule has 0 aromatic carbocycles. The van der Waals surface area contributed by atoms with Gasteiger partial charge < -0.3 is 19.4 Å². The summed E-state index contributed by atoms with van der Waals surface area (Å²) in [5, 5.41) is 1.16. The summed E-state index contributed by atoms with van der Waals surface area (Å²) in [7, 11) is 1.96. The third-order valence-corrected chi connectivity index (χ3v) is 7.56. The number of pyridine rings is 1. The number of anilines is 1. The number of hydrogen-bond donors (Lipinski definition) is 0. The van der Waals surface area contributed by atoms with Crippen molar-refractivity contribution in [3.63, 3.8) is 0 Å². The maximum Gasteiger partial charge on any atom is 0.263 e. The number of carbonyl (C=O) groups is 1. The summed E-state index contributed by atoms with van der Waals surface area (Å²) in [6.07, 6.45) is 6.05. The van der Waals surface area contributed by atoms with Crippen molar-refractivity contribution in [1.29, 1.82) is 0 Å². The Hall–Kier alpha value is -1.96. The molecule has 4 rings (SSSR count). The number of carbonyl (C=O) groups excluding carboxylic acids is 1. The van der Waals surface area contributed by atoms with Gasteiger partial charge in [-0.25, -0.2) is 0 Å². The molecule has 2 aromatic rings. The highest BCUT2D eigenvalue weighted by atomic mass is 32.1.